The topological polar surface area (TPSA) is 63.4 Å². The number of piperidine rings is 1. The largest absolute Gasteiger partial charge is 0.417 e. The molecule has 0 aliphatic carbocycles. The molecule has 0 saturated carbocycles. The van der Waals surface area contributed by atoms with Crippen molar-refractivity contribution in [2.24, 2.45) is 5.92 Å². The molecule has 0 unspecified atom stereocenters. The Hall–Kier alpha value is -2.82. The third-order valence-corrected chi connectivity index (χ3v) is 6.00. The van der Waals surface area contributed by atoms with Crippen molar-refractivity contribution in [3.63, 3.8) is 0 Å². The molecule has 0 radical (unpaired) electrons. The second-order valence-electron chi connectivity index (χ2n) is 7.69. The maximum atomic E-state index is 13.4. The number of rotatable bonds is 3. The highest BCUT2D eigenvalue weighted by molar-refractivity contribution is 6.31. The molecular formula is C20H17ClF5N5O. The standard InChI is InChI=1S/C20H17ClF5N5O/c1-10-4-5-30(18(32)11-2-3-14(21)13(6-11)20(24,25)26)8-12(10)16-7-15(17(22)23)29-19-27-9-28-31(16)19/h2-3,6-7,9-10,12,17H,4-5,8H2,1H3/t10-,12-/m1/s1. The Labute approximate surface area is 184 Å². The molecule has 170 valence electrons. The quantitative estimate of drug-likeness (QED) is 0.502. The molecular weight excluding hydrogens is 457 g/mol. The van der Waals surface area contributed by atoms with Crippen molar-refractivity contribution >= 4 is 23.3 Å². The molecule has 4 rings (SSSR count). The molecule has 6 nitrogen and oxygen atoms in total. The van der Waals surface area contributed by atoms with E-state index in [2.05, 4.69) is 15.1 Å². The van der Waals surface area contributed by atoms with Crippen molar-refractivity contribution in [2.45, 2.75) is 31.9 Å². The molecule has 1 aromatic carbocycles. The second kappa shape index (κ2) is 8.27. The zero-order chi connectivity index (χ0) is 23.2. The number of carbonyl (C=O) groups is 1. The van der Waals surface area contributed by atoms with Gasteiger partial charge in [-0.25, -0.2) is 18.3 Å². The van der Waals surface area contributed by atoms with Crippen LogP contribution in [0.4, 0.5) is 22.0 Å². The monoisotopic (exact) mass is 473 g/mol. The summed E-state index contributed by atoms with van der Waals surface area (Å²) < 4.78 is 67.6. The number of benzene rings is 1. The van der Waals surface area contributed by atoms with Crippen molar-refractivity contribution in [1.82, 2.24) is 24.5 Å². The number of fused-ring (bicyclic) bond motifs is 1. The first kappa shape index (κ1) is 22.4. The van der Waals surface area contributed by atoms with Crippen LogP contribution in [0, 0.1) is 5.92 Å². The molecule has 3 aromatic rings. The smallest absolute Gasteiger partial charge is 0.338 e. The summed E-state index contributed by atoms with van der Waals surface area (Å²) in [5.74, 6) is -0.981. The van der Waals surface area contributed by atoms with Gasteiger partial charge in [0.15, 0.2) is 0 Å². The summed E-state index contributed by atoms with van der Waals surface area (Å²) in [6.45, 7) is 2.35. The van der Waals surface area contributed by atoms with Crippen LogP contribution in [0.2, 0.25) is 5.02 Å². The van der Waals surface area contributed by atoms with Crippen LogP contribution in [-0.4, -0.2) is 43.5 Å². The van der Waals surface area contributed by atoms with Crippen LogP contribution in [0.25, 0.3) is 5.78 Å². The van der Waals surface area contributed by atoms with E-state index in [9.17, 15) is 26.7 Å². The van der Waals surface area contributed by atoms with Gasteiger partial charge in [-0.2, -0.15) is 23.3 Å². The molecule has 1 aliphatic heterocycles. The van der Waals surface area contributed by atoms with Crippen molar-refractivity contribution in [3.05, 3.63) is 58.1 Å². The molecule has 0 bridgehead atoms. The first-order valence-corrected chi connectivity index (χ1v) is 10.1. The van der Waals surface area contributed by atoms with E-state index in [-0.39, 0.29) is 23.8 Å². The molecule has 1 fully saturated rings. The summed E-state index contributed by atoms with van der Waals surface area (Å²) >= 11 is 5.65. The number of aromatic nitrogens is 4. The average molecular weight is 474 g/mol. The number of alkyl halides is 5. The minimum absolute atomic E-state index is 0.00433. The van der Waals surface area contributed by atoms with Gasteiger partial charge in [0.2, 0.25) is 0 Å². The predicted molar refractivity (Wildman–Crippen MR) is 105 cm³/mol. The summed E-state index contributed by atoms with van der Waals surface area (Å²) in [4.78, 5) is 22.1. The number of hydrogen-bond acceptors (Lipinski definition) is 4. The van der Waals surface area contributed by atoms with E-state index in [1.165, 1.54) is 27.9 Å². The van der Waals surface area contributed by atoms with Gasteiger partial charge >= 0.3 is 6.18 Å². The maximum Gasteiger partial charge on any atom is 0.417 e. The summed E-state index contributed by atoms with van der Waals surface area (Å²) in [5.41, 5.74) is -1.28. The van der Waals surface area contributed by atoms with Gasteiger partial charge in [0, 0.05) is 24.6 Å². The molecule has 0 N–H and O–H groups in total. The minimum Gasteiger partial charge on any atom is -0.338 e. The number of halogens is 6. The summed E-state index contributed by atoms with van der Waals surface area (Å²) in [6, 6.07) is 4.25. The number of amides is 1. The number of hydrogen-bond donors (Lipinski definition) is 0. The van der Waals surface area contributed by atoms with Gasteiger partial charge in [0.1, 0.15) is 12.0 Å². The predicted octanol–water partition coefficient (Wildman–Crippen LogP) is 5.00. The fourth-order valence-electron chi connectivity index (χ4n) is 3.93. The van der Waals surface area contributed by atoms with Gasteiger partial charge in [0.05, 0.1) is 16.3 Å². The molecule has 12 heteroatoms. The molecule has 32 heavy (non-hydrogen) atoms. The second-order valence-corrected chi connectivity index (χ2v) is 8.10. The van der Waals surface area contributed by atoms with Crippen LogP contribution in [0.3, 0.4) is 0 Å². The lowest BCUT2D eigenvalue weighted by Crippen LogP contribution is -2.42. The Morgan fingerprint density at radius 2 is 2.00 bits per heavy atom. The Morgan fingerprint density at radius 1 is 1.25 bits per heavy atom. The fraction of sp³-hybridized carbons (Fsp3) is 0.400. The normalized spacial score (nSPS) is 19.7. The molecule has 2 atom stereocenters. The van der Waals surface area contributed by atoms with Gasteiger partial charge in [-0.1, -0.05) is 18.5 Å². The first-order valence-electron chi connectivity index (χ1n) is 9.71. The maximum absolute atomic E-state index is 13.4. The number of carbonyl (C=O) groups excluding carboxylic acids is 1. The number of nitrogens with zero attached hydrogens (tertiary/aromatic N) is 5. The summed E-state index contributed by atoms with van der Waals surface area (Å²) in [7, 11) is 0. The van der Waals surface area contributed by atoms with Crippen molar-refractivity contribution in [3.8, 4) is 0 Å². The molecule has 2 aromatic heterocycles. The Balaban J connectivity index is 1.67. The van der Waals surface area contributed by atoms with Crippen LogP contribution in [0.1, 0.15) is 53.0 Å². The molecule has 1 aliphatic rings. The Kier molecular flexibility index (Phi) is 5.78. The lowest BCUT2D eigenvalue weighted by Gasteiger charge is -2.37. The molecule has 3 heterocycles. The fourth-order valence-corrected chi connectivity index (χ4v) is 4.15. The third kappa shape index (κ3) is 4.13. The van der Waals surface area contributed by atoms with Crippen LogP contribution in [0.15, 0.2) is 30.6 Å². The minimum atomic E-state index is -4.70. The Bertz CT molecular complexity index is 1160. The van der Waals surface area contributed by atoms with Gasteiger partial charge in [-0.15, -0.1) is 0 Å². The average Bonchev–Trinajstić information content (AvgIpc) is 3.21. The number of likely N-dealkylation sites (tertiary alicyclic amines) is 1. The van der Waals surface area contributed by atoms with E-state index in [4.69, 9.17) is 11.6 Å². The van der Waals surface area contributed by atoms with Gasteiger partial charge in [-0.3, -0.25) is 4.79 Å². The lowest BCUT2D eigenvalue weighted by atomic mass is 9.84. The zero-order valence-corrected chi connectivity index (χ0v) is 17.4. The summed E-state index contributed by atoms with van der Waals surface area (Å²) in [6.07, 6.45) is -5.79. The SMILES string of the molecule is C[C@@H]1CCN(C(=O)c2ccc(Cl)c(C(F)(F)F)c2)C[C@H]1c1cc(C(F)F)nc2ncnn12. The van der Waals surface area contributed by atoms with Gasteiger partial charge in [0.25, 0.3) is 18.1 Å². The van der Waals surface area contributed by atoms with Crippen LogP contribution < -0.4 is 0 Å². The highest BCUT2D eigenvalue weighted by Gasteiger charge is 2.36. The van der Waals surface area contributed by atoms with Crippen LogP contribution in [0.5, 0.6) is 0 Å². The van der Waals surface area contributed by atoms with E-state index in [1.807, 2.05) is 6.92 Å². The van der Waals surface area contributed by atoms with E-state index in [0.717, 1.165) is 12.1 Å². The Morgan fingerprint density at radius 3 is 2.69 bits per heavy atom. The van der Waals surface area contributed by atoms with Crippen molar-refractivity contribution in [2.75, 3.05) is 13.1 Å². The van der Waals surface area contributed by atoms with E-state index in [0.29, 0.717) is 18.7 Å². The van der Waals surface area contributed by atoms with Crippen LogP contribution >= 0.6 is 11.6 Å². The van der Waals surface area contributed by atoms with Crippen LogP contribution in [-0.2, 0) is 6.18 Å². The highest BCUT2D eigenvalue weighted by Crippen LogP contribution is 2.37. The van der Waals surface area contributed by atoms with Gasteiger partial charge < -0.3 is 4.90 Å². The molecule has 0 spiro atoms. The third-order valence-electron chi connectivity index (χ3n) is 5.67. The zero-order valence-electron chi connectivity index (χ0n) is 16.7. The molecule has 1 saturated heterocycles. The van der Waals surface area contributed by atoms with Gasteiger partial charge in [-0.05, 0) is 36.6 Å². The van der Waals surface area contributed by atoms with Crippen molar-refractivity contribution in [1.29, 1.82) is 0 Å². The van der Waals surface area contributed by atoms with E-state index >= 15 is 0 Å². The first-order chi connectivity index (χ1) is 15.1. The molecule has 1 amide bonds. The highest BCUT2D eigenvalue weighted by atomic mass is 35.5. The van der Waals surface area contributed by atoms with E-state index in [1.54, 1.807) is 0 Å². The summed E-state index contributed by atoms with van der Waals surface area (Å²) in [5, 5.41) is 3.56. The van der Waals surface area contributed by atoms with E-state index < -0.39 is 40.7 Å². The lowest BCUT2D eigenvalue weighted by molar-refractivity contribution is -0.137. The van der Waals surface area contributed by atoms with Crippen molar-refractivity contribution < 1.29 is 26.7 Å².